The molecule has 0 saturated carbocycles. The van der Waals surface area contributed by atoms with E-state index >= 15 is 0 Å². The largest absolute Gasteiger partial charge is 0.482 e. The number of esters is 1. The molecule has 0 N–H and O–H groups in total. The number of ether oxygens (including phenoxy) is 3. The molecule has 3 aromatic rings. The van der Waals surface area contributed by atoms with Crippen molar-refractivity contribution in [2.24, 2.45) is 0 Å². The first kappa shape index (κ1) is 19.4. The minimum absolute atomic E-state index is 0.223. The molecule has 3 rings (SSSR count). The number of aryl methyl sites for hydroxylation is 1. The summed E-state index contributed by atoms with van der Waals surface area (Å²) < 4.78 is 21.5. The third kappa shape index (κ3) is 5.57. The highest BCUT2D eigenvalue weighted by molar-refractivity contribution is 5.71. The number of nitrogens with zero attached hydrogens (tertiary/aromatic N) is 2. The Balaban J connectivity index is 1.46. The van der Waals surface area contributed by atoms with Gasteiger partial charge in [-0.05, 0) is 49.7 Å². The number of carbonyl (C=O) groups is 1. The molecule has 0 aliphatic rings. The van der Waals surface area contributed by atoms with Gasteiger partial charge in [-0.1, -0.05) is 30.3 Å². The molecular formula is C21H22N2O5. The predicted molar refractivity (Wildman–Crippen MR) is 101 cm³/mol. The van der Waals surface area contributed by atoms with Crippen LogP contribution in [0.2, 0.25) is 0 Å². The summed E-state index contributed by atoms with van der Waals surface area (Å²) in [5, 5.41) is 3.85. The van der Waals surface area contributed by atoms with E-state index in [2.05, 4.69) is 10.1 Å². The number of para-hydroxylation sites is 1. The van der Waals surface area contributed by atoms with E-state index in [-0.39, 0.29) is 12.5 Å². The van der Waals surface area contributed by atoms with Crippen LogP contribution in [0.5, 0.6) is 17.2 Å². The molecule has 28 heavy (non-hydrogen) atoms. The van der Waals surface area contributed by atoms with Crippen molar-refractivity contribution in [2.75, 3.05) is 6.61 Å². The molecule has 0 aliphatic heterocycles. The average molecular weight is 382 g/mol. The van der Waals surface area contributed by atoms with Gasteiger partial charge in [0.1, 0.15) is 17.2 Å². The van der Waals surface area contributed by atoms with Crippen LogP contribution < -0.4 is 9.47 Å². The number of benzene rings is 2. The Hall–Kier alpha value is -3.35. The summed E-state index contributed by atoms with van der Waals surface area (Å²) in [6.45, 7) is 3.48. The van der Waals surface area contributed by atoms with Gasteiger partial charge in [-0.3, -0.25) is 0 Å². The second-order valence-electron chi connectivity index (χ2n) is 6.11. The fourth-order valence-corrected chi connectivity index (χ4v) is 2.41. The van der Waals surface area contributed by atoms with Crippen LogP contribution in [-0.4, -0.2) is 22.7 Å². The van der Waals surface area contributed by atoms with Crippen molar-refractivity contribution in [2.45, 2.75) is 32.8 Å². The van der Waals surface area contributed by atoms with Gasteiger partial charge >= 0.3 is 5.97 Å². The zero-order valence-corrected chi connectivity index (χ0v) is 15.8. The quantitative estimate of drug-likeness (QED) is 0.504. The number of rotatable bonds is 9. The maximum atomic E-state index is 12.0. The zero-order chi connectivity index (χ0) is 19.8. The van der Waals surface area contributed by atoms with E-state index in [1.165, 1.54) is 0 Å². The summed E-state index contributed by atoms with van der Waals surface area (Å²) in [6, 6.07) is 16.5. The first-order valence-electron chi connectivity index (χ1n) is 9.11. The van der Waals surface area contributed by atoms with E-state index < -0.39 is 12.1 Å². The second kappa shape index (κ2) is 9.55. The van der Waals surface area contributed by atoms with Crippen molar-refractivity contribution < 1.29 is 23.5 Å². The van der Waals surface area contributed by atoms with Crippen molar-refractivity contribution in [3.05, 3.63) is 66.3 Å². The van der Waals surface area contributed by atoms with Gasteiger partial charge < -0.3 is 18.7 Å². The lowest BCUT2D eigenvalue weighted by molar-refractivity contribution is -0.152. The molecule has 1 aromatic heterocycles. The highest BCUT2D eigenvalue weighted by Gasteiger charge is 2.18. The molecule has 1 unspecified atom stereocenters. The third-order valence-corrected chi connectivity index (χ3v) is 3.77. The minimum atomic E-state index is -0.629. The Morgan fingerprint density at radius 3 is 2.43 bits per heavy atom. The summed E-state index contributed by atoms with van der Waals surface area (Å²) >= 11 is 0. The molecule has 0 aliphatic carbocycles. The first-order chi connectivity index (χ1) is 13.6. The van der Waals surface area contributed by atoms with Gasteiger partial charge in [0, 0.05) is 6.42 Å². The standard InChI is InChI=1S/C21H22N2O5/c1-3-7-19-22-21(28-23-19)15(2)26-20(24)14-25-16-10-12-18(13-11-16)27-17-8-5-4-6-9-17/h4-6,8-13,15H,3,7,14H2,1-2H3. The lowest BCUT2D eigenvalue weighted by atomic mass is 10.3. The molecule has 0 radical (unpaired) electrons. The molecule has 2 aromatic carbocycles. The number of carbonyl (C=O) groups excluding carboxylic acids is 1. The molecule has 0 spiro atoms. The van der Waals surface area contributed by atoms with E-state index in [4.69, 9.17) is 18.7 Å². The van der Waals surface area contributed by atoms with Crippen LogP contribution in [0, 0.1) is 0 Å². The van der Waals surface area contributed by atoms with Crippen molar-refractivity contribution in [1.82, 2.24) is 10.1 Å². The topological polar surface area (TPSA) is 83.7 Å². The van der Waals surface area contributed by atoms with Gasteiger partial charge in [0.25, 0.3) is 5.89 Å². The van der Waals surface area contributed by atoms with Crippen molar-refractivity contribution in [3.8, 4) is 17.2 Å². The number of hydrogen-bond acceptors (Lipinski definition) is 7. The summed E-state index contributed by atoms with van der Waals surface area (Å²) in [5.41, 5.74) is 0. The SMILES string of the molecule is CCCc1noc(C(C)OC(=O)COc2ccc(Oc3ccccc3)cc2)n1. The average Bonchev–Trinajstić information content (AvgIpc) is 3.17. The van der Waals surface area contributed by atoms with E-state index in [0.29, 0.717) is 17.3 Å². The van der Waals surface area contributed by atoms with Gasteiger partial charge in [-0.15, -0.1) is 0 Å². The Morgan fingerprint density at radius 2 is 1.71 bits per heavy atom. The molecule has 0 bridgehead atoms. The Morgan fingerprint density at radius 1 is 1.04 bits per heavy atom. The summed E-state index contributed by atoms with van der Waals surface area (Å²) in [6.07, 6.45) is 1.00. The lowest BCUT2D eigenvalue weighted by Gasteiger charge is -2.11. The third-order valence-electron chi connectivity index (χ3n) is 3.77. The van der Waals surface area contributed by atoms with Gasteiger partial charge in [-0.25, -0.2) is 4.79 Å². The van der Waals surface area contributed by atoms with Gasteiger partial charge in [0.2, 0.25) is 0 Å². The second-order valence-corrected chi connectivity index (χ2v) is 6.11. The van der Waals surface area contributed by atoms with Crippen LogP contribution in [0.25, 0.3) is 0 Å². The van der Waals surface area contributed by atoms with Crippen LogP contribution in [0.1, 0.15) is 38.1 Å². The highest BCUT2D eigenvalue weighted by Crippen LogP contribution is 2.23. The van der Waals surface area contributed by atoms with Crippen LogP contribution in [0.4, 0.5) is 0 Å². The van der Waals surface area contributed by atoms with Crippen LogP contribution >= 0.6 is 0 Å². The summed E-state index contributed by atoms with van der Waals surface area (Å²) in [5.74, 6) is 2.32. The van der Waals surface area contributed by atoms with Crippen LogP contribution in [-0.2, 0) is 16.0 Å². The number of hydrogen-bond donors (Lipinski definition) is 0. The van der Waals surface area contributed by atoms with Gasteiger partial charge in [0.05, 0.1) is 0 Å². The lowest BCUT2D eigenvalue weighted by Crippen LogP contribution is -2.17. The minimum Gasteiger partial charge on any atom is -0.482 e. The molecule has 0 saturated heterocycles. The molecule has 0 amide bonds. The van der Waals surface area contributed by atoms with Crippen molar-refractivity contribution >= 4 is 5.97 Å². The van der Waals surface area contributed by atoms with E-state index in [1.807, 2.05) is 37.3 Å². The first-order valence-corrected chi connectivity index (χ1v) is 9.11. The zero-order valence-electron chi connectivity index (χ0n) is 15.8. The van der Waals surface area contributed by atoms with Crippen LogP contribution in [0.3, 0.4) is 0 Å². The van der Waals surface area contributed by atoms with Gasteiger partial charge in [0.15, 0.2) is 18.5 Å². The molecule has 7 nitrogen and oxygen atoms in total. The summed E-state index contributed by atoms with van der Waals surface area (Å²) in [4.78, 5) is 16.2. The Kier molecular flexibility index (Phi) is 6.62. The predicted octanol–water partition coefficient (Wildman–Crippen LogP) is 4.50. The smallest absolute Gasteiger partial charge is 0.344 e. The highest BCUT2D eigenvalue weighted by atomic mass is 16.6. The van der Waals surface area contributed by atoms with Crippen LogP contribution in [0.15, 0.2) is 59.1 Å². The van der Waals surface area contributed by atoms with E-state index in [0.717, 1.165) is 18.6 Å². The van der Waals surface area contributed by atoms with Crippen molar-refractivity contribution in [1.29, 1.82) is 0 Å². The Labute approximate surface area is 163 Å². The maximum absolute atomic E-state index is 12.0. The molecule has 7 heteroatoms. The maximum Gasteiger partial charge on any atom is 0.344 e. The molecule has 1 heterocycles. The molecule has 1 atom stereocenters. The Bertz CT molecular complexity index is 877. The van der Waals surface area contributed by atoms with Gasteiger partial charge in [-0.2, -0.15) is 4.98 Å². The fraction of sp³-hybridized carbons (Fsp3) is 0.286. The van der Waals surface area contributed by atoms with E-state index in [1.54, 1.807) is 31.2 Å². The molecule has 0 fully saturated rings. The molecule has 146 valence electrons. The van der Waals surface area contributed by atoms with E-state index in [9.17, 15) is 4.79 Å². The summed E-state index contributed by atoms with van der Waals surface area (Å²) in [7, 11) is 0. The molecular weight excluding hydrogens is 360 g/mol. The normalized spacial score (nSPS) is 11.6. The number of aromatic nitrogens is 2. The fourth-order valence-electron chi connectivity index (χ4n) is 2.41. The van der Waals surface area contributed by atoms with Crippen molar-refractivity contribution in [3.63, 3.8) is 0 Å². The monoisotopic (exact) mass is 382 g/mol.